The molecular formula is C19H18Cl3N3O4S. The number of nitrogens with one attached hydrogen (secondary N) is 3. The molecule has 0 bridgehead atoms. The molecule has 0 aromatic heterocycles. The normalized spacial score (nSPS) is 11.7. The van der Waals surface area contributed by atoms with E-state index < -0.39 is 22.0 Å². The van der Waals surface area contributed by atoms with E-state index in [-0.39, 0.29) is 11.7 Å². The SMILES string of the molecule is COC(=O)c1ccc(NC(=S)NC(NC(=O)OCc2ccccc2)C(Cl)(Cl)Cl)cc1. The summed E-state index contributed by atoms with van der Waals surface area (Å²) in [7, 11) is 1.29. The molecule has 1 unspecified atom stereocenters. The smallest absolute Gasteiger partial charge is 0.409 e. The highest BCUT2D eigenvalue weighted by atomic mass is 35.6. The Hall–Kier alpha value is -2.26. The van der Waals surface area contributed by atoms with Gasteiger partial charge in [0, 0.05) is 5.69 Å². The Morgan fingerprint density at radius 2 is 1.67 bits per heavy atom. The molecule has 2 aromatic carbocycles. The summed E-state index contributed by atoms with van der Waals surface area (Å²) in [5, 5.41) is 8.05. The van der Waals surface area contributed by atoms with Gasteiger partial charge in [-0.15, -0.1) is 0 Å². The third-order valence-electron chi connectivity index (χ3n) is 3.64. The van der Waals surface area contributed by atoms with Crippen LogP contribution in [0.4, 0.5) is 10.5 Å². The molecule has 0 aliphatic heterocycles. The van der Waals surface area contributed by atoms with Crippen molar-refractivity contribution in [3.63, 3.8) is 0 Å². The third-order valence-corrected chi connectivity index (χ3v) is 4.52. The lowest BCUT2D eigenvalue weighted by molar-refractivity contribution is 0.0600. The number of ether oxygens (including phenoxy) is 2. The number of rotatable bonds is 6. The summed E-state index contributed by atoms with van der Waals surface area (Å²) >= 11 is 23.0. The second-order valence-corrected chi connectivity index (χ2v) is 8.63. The number of methoxy groups -OCH3 is 1. The van der Waals surface area contributed by atoms with Crippen molar-refractivity contribution >= 4 is 69.9 Å². The maximum Gasteiger partial charge on any atom is 0.409 e. The van der Waals surface area contributed by atoms with E-state index in [1.54, 1.807) is 24.3 Å². The first-order valence-electron chi connectivity index (χ1n) is 8.49. The van der Waals surface area contributed by atoms with Gasteiger partial charge in [-0.1, -0.05) is 65.1 Å². The predicted octanol–water partition coefficient (Wildman–Crippen LogP) is 4.38. The number of anilines is 1. The Morgan fingerprint density at radius 3 is 2.23 bits per heavy atom. The van der Waals surface area contributed by atoms with Crippen LogP contribution < -0.4 is 16.0 Å². The molecular weight excluding hydrogens is 473 g/mol. The molecule has 0 aliphatic rings. The van der Waals surface area contributed by atoms with Crippen molar-refractivity contribution in [2.24, 2.45) is 0 Å². The van der Waals surface area contributed by atoms with Gasteiger partial charge in [-0.25, -0.2) is 9.59 Å². The summed E-state index contributed by atoms with van der Waals surface area (Å²) in [6.07, 6.45) is -1.98. The Kier molecular flexibility index (Phi) is 8.98. The summed E-state index contributed by atoms with van der Waals surface area (Å²) in [5.41, 5.74) is 1.75. The minimum absolute atomic E-state index is 0.0501. The average Bonchev–Trinajstić information content (AvgIpc) is 2.72. The van der Waals surface area contributed by atoms with Gasteiger partial charge in [-0.2, -0.15) is 0 Å². The fourth-order valence-electron chi connectivity index (χ4n) is 2.19. The molecule has 160 valence electrons. The zero-order chi connectivity index (χ0) is 22.1. The topological polar surface area (TPSA) is 88.7 Å². The molecule has 1 atom stereocenters. The zero-order valence-corrected chi connectivity index (χ0v) is 18.7. The first-order valence-corrected chi connectivity index (χ1v) is 10.0. The molecule has 7 nitrogen and oxygen atoms in total. The summed E-state index contributed by atoms with van der Waals surface area (Å²) in [5.74, 6) is -0.461. The van der Waals surface area contributed by atoms with Crippen LogP contribution in [0.25, 0.3) is 0 Å². The number of alkyl halides is 3. The van der Waals surface area contributed by atoms with Crippen LogP contribution in [0.15, 0.2) is 54.6 Å². The second-order valence-electron chi connectivity index (χ2n) is 5.85. The van der Waals surface area contributed by atoms with Crippen molar-refractivity contribution in [1.29, 1.82) is 0 Å². The monoisotopic (exact) mass is 489 g/mol. The number of amides is 1. The van der Waals surface area contributed by atoms with Crippen LogP contribution in [-0.4, -0.2) is 34.2 Å². The largest absolute Gasteiger partial charge is 0.465 e. The second kappa shape index (κ2) is 11.2. The number of alkyl carbamates (subject to hydrolysis) is 1. The van der Waals surface area contributed by atoms with Gasteiger partial charge >= 0.3 is 12.1 Å². The van der Waals surface area contributed by atoms with Crippen LogP contribution in [0.5, 0.6) is 0 Å². The number of hydrogen-bond acceptors (Lipinski definition) is 5. The molecule has 0 radical (unpaired) electrons. The molecule has 3 N–H and O–H groups in total. The van der Waals surface area contributed by atoms with Gasteiger partial charge in [0.2, 0.25) is 3.79 Å². The van der Waals surface area contributed by atoms with E-state index in [9.17, 15) is 9.59 Å². The Bertz CT molecular complexity index is 877. The van der Waals surface area contributed by atoms with Crippen molar-refractivity contribution in [2.45, 2.75) is 16.6 Å². The van der Waals surface area contributed by atoms with Gasteiger partial charge in [0.05, 0.1) is 12.7 Å². The number of hydrogen-bond donors (Lipinski definition) is 3. The molecule has 0 saturated heterocycles. The Morgan fingerprint density at radius 1 is 1.03 bits per heavy atom. The predicted molar refractivity (Wildman–Crippen MR) is 121 cm³/mol. The van der Waals surface area contributed by atoms with Crippen molar-refractivity contribution in [2.75, 3.05) is 12.4 Å². The van der Waals surface area contributed by atoms with Crippen LogP contribution >= 0.6 is 47.0 Å². The molecule has 11 heteroatoms. The third kappa shape index (κ3) is 7.87. The number of benzene rings is 2. The lowest BCUT2D eigenvalue weighted by Crippen LogP contribution is -2.56. The number of carbonyl (C=O) groups excluding carboxylic acids is 2. The minimum Gasteiger partial charge on any atom is -0.465 e. The van der Waals surface area contributed by atoms with Gasteiger partial charge in [-0.3, -0.25) is 5.32 Å². The Labute approximate surface area is 194 Å². The van der Waals surface area contributed by atoms with E-state index in [0.717, 1.165) is 5.56 Å². The van der Waals surface area contributed by atoms with Gasteiger partial charge < -0.3 is 20.1 Å². The number of halogens is 3. The maximum atomic E-state index is 12.1. The van der Waals surface area contributed by atoms with E-state index in [0.29, 0.717) is 11.3 Å². The Balaban J connectivity index is 1.92. The maximum absolute atomic E-state index is 12.1. The highest BCUT2D eigenvalue weighted by molar-refractivity contribution is 7.80. The van der Waals surface area contributed by atoms with Crippen LogP contribution in [0, 0.1) is 0 Å². The number of thiocarbonyl (C=S) groups is 1. The van der Waals surface area contributed by atoms with Crippen LogP contribution in [0.2, 0.25) is 0 Å². The molecule has 0 aliphatic carbocycles. The highest BCUT2D eigenvalue weighted by Gasteiger charge is 2.35. The molecule has 2 rings (SSSR count). The van der Waals surface area contributed by atoms with Crippen LogP contribution in [0.1, 0.15) is 15.9 Å². The highest BCUT2D eigenvalue weighted by Crippen LogP contribution is 2.29. The van der Waals surface area contributed by atoms with Crippen molar-refractivity contribution in [3.8, 4) is 0 Å². The van der Waals surface area contributed by atoms with E-state index in [1.807, 2.05) is 30.3 Å². The van der Waals surface area contributed by atoms with Crippen molar-refractivity contribution < 1.29 is 19.1 Å². The summed E-state index contributed by atoms with van der Waals surface area (Å²) < 4.78 is 7.84. The van der Waals surface area contributed by atoms with Gasteiger partial charge in [-0.05, 0) is 42.0 Å². The molecule has 1 amide bonds. The van der Waals surface area contributed by atoms with E-state index in [2.05, 4.69) is 20.7 Å². The molecule has 30 heavy (non-hydrogen) atoms. The van der Waals surface area contributed by atoms with Gasteiger partial charge in [0.15, 0.2) is 11.3 Å². The lowest BCUT2D eigenvalue weighted by atomic mass is 10.2. The standard InChI is InChI=1S/C19H18Cl3N3O4S/c1-28-15(26)13-7-9-14(10-8-13)23-17(30)24-16(19(20,21)22)25-18(27)29-11-12-5-3-2-4-6-12/h2-10,16H,11H2,1H3,(H,25,27)(H2,23,24,30). The van der Waals surface area contributed by atoms with Gasteiger partial charge in [0.25, 0.3) is 0 Å². The van der Waals surface area contributed by atoms with Crippen LogP contribution in [0.3, 0.4) is 0 Å². The van der Waals surface area contributed by atoms with Crippen LogP contribution in [-0.2, 0) is 16.1 Å². The molecule has 0 spiro atoms. The minimum atomic E-state index is -1.92. The van der Waals surface area contributed by atoms with E-state index in [4.69, 9.17) is 51.8 Å². The molecule has 0 saturated carbocycles. The number of esters is 1. The first-order chi connectivity index (χ1) is 14.2. The van der Waals surface area contributed by atoms with Gasteiger partial charge in [0.1, 0.15) is 6.61 Å². The van der Waals surface area contributed by atoms with E-state index >= 15 is 0 Å². The molecule has 0 fully saturated rings. The first kappa shape index (κ1) is 24.0. The van der Waals surface area contributed by atoms with E-state index in [1.165, 1.54) is 7.11 Å². The fourth-order valence-corrected chi connectivity index (χ4v) is 2.75. The zero-order valence-electron chi connectivity index (χ0n) is 15.7. The summed E-state index contributed by atoms with van der Waals surface area (Å²) in [6.45, 7) is 0.0501. The fraction of sp³-hybridized carbons (Fsp3) is 0.211. The quantitative estimate of drug-likeness (QED) is 0.240. The molecule has 0 heterocycles. The average molecular weight is 491 g/mol. The van der Waals surface area contributed by atoms with Crippen molar-refractivity contribution in [3.05, 3.63) is 65.7 Å². The van der Waals surface area contributed by atoms with Crippen molar-refractivity contribution in [1.82, 2.24) is 10.6 Å². The summed E-state index contributed by atoms with van der Waals surface area (Å²) in [6, 6.07) is 15.5. The number of carbonyl (C=O) groups is 2. The lowest BCUT2D eigenvalue weighted by Gasteiger charge is -2.27. The molecule has 2 aromatic rings. The summed E-state index contributed by atoms with van der Waals surface area (Å²) in [4.78, 5) is 23.6.